The van der Waals surface area contributed by atoms with E-state index in [0.717, 1.165) is 25.0 Å². The van der Waals surface area contributed by atoms with Gasteiger partial charge in [-0.2, -0.15) is 0 Å². The van der Waals surface area contributed by atoms with E-state index in [4.69, 9.17) is 4.74 Å². The van der Waals surface area contributed by atoms with Crippen LogP contribution in [0.2, 0.25) is 0 Å². The third kappa shape index (κ3) is 3.51. The van der Waals surface area contributed by atoms with Gasteiger partial charge in [0.1, 0.15) is 11.4 Å². The number of aryl methyl sites for hydroxylation is 1. The van der Waals surface area contributed by atoms with Crippen LogP contribution in [0.5, 0.6) is 5.75 Å². The summed E-state index contributed by atoms with van der Waals surface area (Å²) in [7, 11) is 0. The minimum atomic E-state index is -0.0418. The Kier molecular flexibility index (Phi) is 4.81. The number of benzene rings is 1. The molecule has 0 radical (unpaired) electrons. The van der Waals surface area contributed by atoms with E-state index in [0.29, 0.717) is 11.8 Å². The van der Waals surface area contributed by atoms with E-state index in [2.05, 4.69) is 65.8 Å². The Morgan fingerprint density at radius 3 is 2.33 bits per heavy atom. The van der Waals surface area contributed by atoms with Crippen LogP contribution in [0.4, 0.5) is 0 Å². The maximum absolute atomic E-state index is 6.63. The van der Waals surface area contributed by atoms with E-state index in [1.54, 1.807) is 0 Å². The lowest BCUT2D eigenvalue weighted by Crippen LogP contribution is -2.42. The molecule has 0 heterocycles. The molecule has 1 unspecified atom stereocenters. The molecule has 0 bridgehead atoms. The van der Waals surface area contributed by atoms with E-state index in [1.165, 1.54) is 16.7 Å². The van der Waals surface area contributed by atoms with Crippen LogP contribution in [0, 0.1) is 12.8 Å². The molecule has 1 aliphatic rings. The Balaban J connectivity index is 2.32. The van der Waals surface area contributed by atoms with E-state index in [1.807, 2.05) is 0 Å². The van der Waals surface area contributed by atoms with Crippen molar-refractivity contribution in [2.45, 2.75) is 72.3 Å². The van der Waals surface area contributed by atoms with E-state index in [-0.39, 0.29) is 5.60 Å². The second-order valence-corrected chi connectivity index (χ2v) is 7.26. The Labute approximate surface area is 130 Å². The van der Waals surface area contributed by atoms with Gasteiger partial charge in [-0.3, -0.25) is 0 Å². The highest BCUT2D eigenvalue weighted by molar-refractivity contribution is 5.38. The summed E-state index contributed by atoms with van der Waals surface area (Å²) in [6.45, 7) is 13.4. The minimum Gasteiger partial charge on any atom is -0.486 e. The molecule has 1 heteroatoms. The fourth-order valence-corrected chi connectivity index (χ4v) is 3.00. The topological polar surface area (TPSA) is 9.23 Å². The van der Waals surface area contributed by atoms with Crippen molar-refractivity contribution in [3.05, 3.63) is 41.0 Å². The number of hydrogen-bond donors (Lipinski definition) is 0. The fourth-order valence-electron chi connectivity index (χ4n) is 3.00. The summed E-state index contributed by atoms with van der Waals surface area (Å²) in [6, 6.07) is 6.66. The summed E-state index contributed by atoms with van der Waals surface area (Å²) < 4.78 is 6.63. The summed E-state index contributed by atoms with van der Waals surface area (Å²) in [5.74, 6) is 2.13. The van der Waals surface area contributed by atoms with Gasteiger partial charge in [-0.15, -0.1) is 0 Å². The van der Waals surface area contributed by atoms with Crippen molar-refractivity contribution in [1.82, 2.24) is 0 Å². The highest BCUT2D eigenvalue weighted by atomic mass is 16.5. The Hall–Kier alpha value is -1.24. The molecule has 0 spiro atoms. The van der Waals surface area contributed by atoms with Crippen molar-refractivity contribution in [1.29, 1.82) is 0 Å². The number of ether oxygens (including phenoxy) is 1. The van der Waals surface area contributed by atoms with Crippen molar-refractivity contribution in [2.75, 3.05) is 0 Å². The first-order valence-electron chi connectivity index (χ1n) is 8.29. The van der Waals surface area contributed by atoms with Gasteiger partial charge in [-0.25, -0.2) is 0 Å². The molecular weight excluding hydrogens is 256 g/mol. The van der Waals surface area contributed by atoms with Gasteiger partial charge in [0.25, 0.3) is 0 Å². The van der Waals surface area contributed by atoms with Gasteiger partial charge < -0.3 is 4.74 Å². The maximum atomic E-state index is 6.63. The van der Waals surface area contributed by atoms with Crippen molar-refractivity contribution in [3.8, 4) is 5.75 Å². The molecule has 1 atom stereocenters. The van der Waals surface area contributed by atoms with Gasteiger partial charge in [0, 0.05) is 6.42 Å². The molecule has 116 valence electrons. The van der Waals surface area contributed by atoms with E-state index >= 15 is 0 Å². The predicted octanol–water partition coefficient (Wildman–Crippen LogP) is 6.02. The molecular formula is C20H30O. The monoisotopic (exact) mass is 286 g/mol. The zero-order valence-electron chi connectivity index (χ0n) is 14.5. The van der Waals surface area contributed by atoms with Gasteiger partial charge in [0.2, 0.25) is 0 Å². The van der Waals surface area contributed by atoms with Gasteiger partial charge in [0.15, 0.2) is 0 Å². The molecule has 0 saturated carbocycles. The van der Waals surface area contributed by atoms with Crippen LogP contribution in [-0.2, 0) is 0 Å². The van der Waals surface area contributed by atoms with Gasteiger partial charge in [0.05, 0.1) is 0 Å². The molecule has 0 amide bonds. The smallest absolute Gasteiger partial charge is 0.123 e. The lowest BCUT2D eigenvalue weighted by Gasteiger charge is -2.40. The largest absolute Gasteiger partial charge is 0.486 e. The third-order valence-electron chi connectivity index (χ3n) is 4.98. The summed E-state index contributed by atoms with van der Waals surface area (Å²) in [6.07, 6.45) is 5.67. The normalized spacial score (nSPS) is 22.6. The lowest BCUT2D eigenvalue weighted by molar-refractivity contribution is 0.0114. The highest BCUT2D eigenvalue weighted by Gasteiger charge is 2.37. The second-order valence-electron chi connectivity index (χ2n) is 7.26. The van der Waals surface area contributed by atoms with Crippen LogP contribution < -0.4 is 4.74 Å². The maximum Gasteiger partial charge on any atom is 0.123 e. The van der Waals surface area contributed by atoms with E-state index in [9.17, 15) is 0 Å². The molecule has 0 aliphatic heterocycles. The molecule has 1 aliphatic carbocycles. The SMILES string of the molecule is CC1=CCC(Oc2cc(C(C)C)ccc2C)(C(C)C)CC1. The molecule has 2 rings (SSSR count). The molecule has 0 N–H and O–H groups in total. The Bertz CT molecular complexity index is 525. The highest BCUT2D eigenvalue weighted by Crippen LogP contribution is 2.39. The first-order chi connectivity index (χ1) is 9.84. The van der Waals surface area contributed by atoms with Crippen LogP contribution in [0.25, 0.3) is 0 Å². The molecule has 0 aromatic heterocycles. The van der Waals surface area contributed by atoms with Crippen LogP contribution in [0.1, 0.15) is 70.9 Å². The van der Waals surface area contributed by atoms with Crippen LogP contribution in [0.15, 0.2) is 29.8 Å². The summed E-state index contributed by atoms with van der Waals surface area (Å²) >= 11 is 0. The van der Waals surface area contributed by atoms with Crippen molar-refractivity contribution in [3.63, 3.8) is 0 Å². The zero-order chi connectivity index (χ0) is 15.6. The lowest BCUT2D eigenvalue weighted by atomic mass is 9.78. The molecule has 0 saturated heterocycles. The molecule has 1 nitrogen and oxygen atoms in total. The first kappa shape index (κ1) is 16.1. The van der Waals surface area contributed by atoms with Crippen molar-refractivity contribution < 1.29 is 4.74 Å². The predicted molar refractivity (Wildman–Crippen MR) is 91.1 cm³/mol. The van der Waals surface area contributed by atoms with Crippen LogP contribution in [-0.4, -0.2) is 5.60 Å². The standard InChI is InChI=1S/C20H30O/c1-14(2)18-8-7-17(6)19(13-18)21-20(15(3)4)11-9-16(5)10-12-20/h7-9,13-15H,10-12H2,1-6H3. The van der Waals surface area contributed by atoms with Gasteiger partial charge >= 0.3 is 0 Å². The van der Waals surface area contributed by atoms with Crippen molar-refractivity contribution >= 4 is 0 Å². The molecule has 0 fully saturated rings. The molecule has 1 aromatic carbocycles. The quantitative estimate of drug-likeness (QED) is 0.615. The summed E-state index contributed by atoms with van der Waals surface area (Å²) in [4.78, 5) is 0. The average Bonchev–Trinajstić information content (AvgIpc) is 2.43. The van der Waals surface area contributed by atoms with Crippen LogP contribution >= 0.6 is 0 Å². The molecule has 1 aromatic rings. The number of rotatable bonds is 4. The van der Waals surface area contributed by atoms with Crippen LogP contribution in [0.3, 0.4) is 0 Å². The first-order valence-corrected chi connectivity index (χ1v) is 8.29. The number of allylic oxidation sites excluding steroid dienone is 1. The van der Waals surface area contributed by atoms with Gasteiger partial charge in [-0.05, 0) is 55.7 Å². The van der Waals surface area contributed by atoms with Gasteiger partial charge in [-0.1, -0.05) is 51.5 Å². The summed E-state index contributed by atoms with van der Waals surface area (Å²) in [5, 5.41) is 0. The Morgan fingerprint density at radius 1 is 1.10 bits per heavy atom. The zero-order valence-corrected chi connectivity index (χ0v) is 14.5. The van der Waals surface area contributed by atoms with Crippen molar-refractivity contribution in [2.24, 2.45) is 5.92 Å². The minimum absolute atomic E-state index is 0.0418. The Morgan fingerprint density at radius 2 is 1.81 bits per heavy atom. The second kappa shape index (κ2) is 6.25. The summed E-state index contributed by atoms with van der Waals surface area (Å²) in [5.41, 5.74) is 4.06. The fraction of sp³-hybridized carbons (Fsp3) is 0.600. The molecule has 21 heavy (non-hydrogen) atoms. The average molecular weight is 286 g/mol. The number of hydrogen-bond acceptors (Lipinski definition) is 1. The van der Waals surface area contributed by atoms with E-state index < -0.39 is 0 Å². The third-order valence-corrected chi connectivity index (χ3v) is 4.98.